The Hall–Kier alpha value is -2.28. The molecule has 1 fully saturated rings. The molecule has 2 aromatic rings. The molecule has 1 saturated heterocycles. The van der Waals surface area contributed by atoms with Crippen molar-refractivity contribution in [3.8, 4) is 0 Å². The summed E-state index contributed by atoms with van der Waals surface area (Å²) in [5.74, 6) is 0.558. The normalized spacial score (nSPS) is 20.4. The van der Waals surface area contributed by atoms with Gasteiger partial charge in [-0.1, -0.05) is 0 Å². The molecule has 1 amide bonds. The molecule has 3 heterocycles. The predicted molar refractivity (Wildman–Crippen MR) is 96.5 cm³/mol. The van der Waals surface area contributed by atoms with Crippen molar-refractivity contribution in [3.63, 3.8) is 0 Å². The molecular formula is C18H27N5O2. The van der Waals surface area contributed by atoms with Crippen molar-refractivity contribution in [2.45, 2.75) is 52.4 Å². The number of carbonyl (C=O) groups excluding carboxylic acids is 1. The third-order valence-corrected chi connectivity index (χ3v) is 5.15. The van der Waals surface area contributed by atoms with Crippen molar-refractivity contribution in [2.75, 3.05) is 19.4 Å². The first-order valence-corrected chi connectivity index (χ1v) is 8.74. The molecule has 0 aromatic carbocycles. The van der Waals surface area contributed by atoms with Gasteiger partial charge in [0.1, 0.15) is 5.82 Å². The number of rotatable bonds is 5. The molecule has 2 N–H and O–H groups in total. The van der Waals surface area contributed by atoms with Crippen molar-refractivity contribution >= 4 is 11.7 Å². The number of nitrogens with two attached hydrogens (primary N) is 1. The molecule has 0 unspecified atom stereocenters. The van der Waals surface area contributed by atoms with Crippen LogP contribution in [-0.2, 0) is 17.8 Å². The average Bonchev–Trinajstić information content (AvgIpc) is 3.25. The van der Waals surface area contributed by atoms with E-state index in [1.54, 1.807) is 17.9 Å². The van der Waals surface area contributed by atoms with E-state index in [2.05, 4.69) is 16.6 Å². The molecule has 0 bridgehead atoms. The maximum Gasteiger partial charge on any atom is 0.256 e. The van der Waals surface area contributed by atoms with Crippen LogP contribution in [0, 0.1) is 13.8 Å². The van der Waals surface area contributed by atoms with Crippen LogP contribution in [0.1, 0.15) is 35.1 Å². The van der Waals surface area contributed by atoms with E-state index in [-0.39, 0.29) is 18.1 Å². The van der Waals surface area contributed by atoms with Crippen molar-refractivity contribution < 1.29 is 9.53 Å². The molecule has 1 aliphatic rings. The van der Waals surface area contributed by atoms with Crippen LogP contribution in [0.3, 0.4) is 0 Å². The summed E-state index contributed by atoms with van der Waals surface area (Å²) in [6.45, 7) is 8.23. The highest BCUT2D eigenvalue weighted by Gasteiger charge is 2.37. The highest BCUT2D eigenvalue weighted by molar-refractivity contribution is 5.96. The van der Waals surface area contributed by atoms with E-state index in [1.165, 1.54) is 0 Å². The third kappa shape index (κ3) is 3.28. The second-order valence-electron chi connectivity index (χ2n) is 6.70. The highest BCUT2D eigenvalue weighted by Crippen LogP contribution is 2.26. The largest absolute Gasteiger partial charge is 0.382 e. The molecule has 0 saturated carbocycles. The first-order valence-electron chi connectivity index (χ1n) is 8.74. The van der Waals surface area contributed by atoms with Gasteiger partial charge in [0.2, 0.25) is 0 Å². The van der Waals surface area contributed by atoms with Crippen molar-refractivity contribution in [3.05, 3.63) is 35.3 Å². The second kappa shape index (κ2) is 6.92. The van der Waals surface area contributed by atoms with Crippen LogP contribution in [0.15, 0.2) is 18.3 Å². The van der Waals surface area contributed by atoms with Crippen LogP contribution < -0.4 is 5.73 Å². The fourth-order valence-electron chi connectivity index (χ4n) is 3.82. The number of amides is 1. The van der Waals surface area contributed by atoms with Crippen LogP contribution in [0.4, 0.5) is 5.82 Å². The monoisotopic (exact) mass is 345 g/mol. The Morgan fingerprint density at radius 3 is 2.76 bits per heavy atom. The zero-order chi connectivity index (χ0) is 18.1. The summed E-state index contributed by atoms with van der Waals surface area (Å²) in [7, 11) is 1.70. The number of carbonyl (C=O) groups is 1. The lowest BCUT2D eigenvalue weighted by Gasteiger charge is -2.24. The number of aryl methyl sites for hydroxylation is 1. The van der Waals surface area contributed by atoms with Gasteiger partial charge >= 0.3 is 0 Å². The summed E-state index contributed by atoms with van der Waals surface area (Å²) in [4.78, 5) is 15.1. The van der Waals surface area contributed by atoms with Crippen molar-refractivity contribution in [1.29, 1.82) is 0 Å². The van der Waals surface area contributed by atoms with Gasteiger partial charge < -0.3 is 19.9 Å². The number of anilines is 1. The molecule has 0 aliphatic carbocycles. The van der Waals surface area contributed by atoms with E-state index in [0.717, 1.165) is 29.9 Å². The number of nitrogens with zero attached hydrogens (tertiary/aromatic N) is 4. The molecule has 2 atom stereocenters. The van der Waals surface area contributed by atoms with Gasteiger partial charge in [0.05, 0.1) is 24.3 Å². The third-order valence-electron chi connectivity index (χ3n) is 5.15. The molecule has 0 radical (unpaired) electrons. The molecule has 0 spiro atoms. The molecule has 3 rings (SSSR count). The maximum atomic E-state index is 13.2. The Balaban J connectivity index is 1.85. The summed E-state index contributed by atoms with van der Waals surface area (Å²) in [6, 6.07) is 3.80. The van der Waals surface area contributed by atoms with Gasteiger partial charge in [-0.3, -0.25) is 9.48 Å². The number of nitrogen functional groups attached to an aromatic ring is 1. The standard InChI is InChI=1S/C18H27N5O2/c1-5-22-12(2)8-16(13(22)3)18(24)23-11-15(25-4)9-14(23)10-21-7-6-17(19)20-21/h6-8,14-15H,5,9-11H2,1-4H3,(H2,19,20)/t14-,15+/m0/s1. The molecule has 136 valence electrons. The minimum atomic E-state index is 0.0430. The van der Waals surface area contributed by atoms with Crippen LogP contribution in [0.25, 0.3) is 0 Å². The van der Waals surface area contributed by atoms with E-state index in [0.29, 0.717) is 18.9 Å². The fraction of sp³-hybridized carbons (Fsp3) is 0.556. The van der Waals surface area contributed by atoms with Gasteiger partial charge in [-0.25, -0.2) is 0 Å². The second-order valence-corrected chi connectivity index (χ2v) is 6.70. The van der Waals surface area contributed by atoms with Gasteiger partial charge in [-0.2, -0.15) is 5.10 Å². The Bertz CT molecular complexity index is 764. The molecule has 2 aromatic heterocycles. The topological polar surface area (TPSA) is 78.3 Å². The number of hydrogen-bond acceptors (Lipinski definition) is 4. The minimum absolute atomic E-state index is 0.0430. The number of methoxy groups -OCH3 is 1. The lowest BCUT2D eigenvalue weighted by atomic mass is 10.1. The lowest BCUT2D eigenvalue weighted by molar-refractivity contribution is 0.0678. The zero-order valence-electron chi connectivity index (χ0n) is 15.4. The Morgan fingerprint density at radius 1 is 1.44 bits per heavy atom. The van der Waals surface area contributed by atoms with E-state index >= 15 is 0 Å². The Kier molecular flexibility index (Phi) is 4.85. The summed E-state index contributed by atoms with van der Waals surface area (Å²) in [6.07, 6.45) is 2.70. The van der Waals surface area contributed by atoms with Crippen LogP contribution in [-0.4, -0.2) is 51.0 Å². The highest BCUT2D eigenvalue weighted by atomic mass is 16.5. The minimum Gasteiger partial charge on any atom is -0.382 e. The van der Waals surface area contributed by atoms with Gasteiger partial charge in [-0.05, 0) is 39.3 Å². The summed E-state index contributed by atoms with van der Waals surface area (Å²) in [5, 5.41) is 4.25. The maximum absolute atomic E-state index is 13.2. The number of aromatic nitrogens is 3. The Labute approximate surface area is 148 Å². The molecule has 25 heavy (non-hydrogen) atoms. The number of hydrogen-bond donors (Lipinski definition) is 1. The Morgan fingerprint density at radius 2 is 2.20 bits per heavy atom. The summed E-state index contributed by atoms with van der Waals surface area (Å²) >= 11 is 0. The van der Waals surface area contributed by atoms with E-state index < -0.39 is 0 Å². The average molecular weight is 345 g/mol. The summed E-state index contributed by atoms with van der Waals surface area (Å²) < 4.78 is 9.49. The van der Waals surface area contributed by atoms with E-state index in [4.69, 9.17) is 10.5 Å². The van der Waals surface area contributed by atoms with Crippen molar-refractivity contribution in [2.24, 2.45) is 0 Å². The van der Waals surface area contributed by atoms with Crippen LogP contribution >= 0.6 is 0 Å². The summed E-state index contributed by atoms with van der Waals surface area (Å²) in [5.41, 5.74) is 8.62. The lowest BCUT2D eigenvalue weighted by Crippen LogP contribution is -2.38. The first-order chi connectivity index (χ1) is 11.9. The van der Waals surface area contributed by atoms with E-state index in [9.17, 15) is 4.79 Å². The number of likely N-dealkylation sites (tertiary alicyclic amines) is 1. The van der Waals surface area contributed by atoms with Gasteiger partial charge in [0.25, 0.3) is 5.91 Å². The first kappa shape index (κ1) is 17.5. The molecule has 7 heteroatoms. The number of ether oxygens (including phenoxy) is 1. The van der Waals surface area contributed by atoms with Gasteiger partial charge in [-0.15, -0.1) is 0 Å². The van der Waals surface area contributed by atoms with E-state index in [1.807, 2.05) is 31.0 Å². The fourth-order valence-corrected chi connectivity index (χ4v) is 3.82. The smallest absolute Gasteiger partial charge is 0.256 e. The van der Waals surface area contributed by atoms with Crippen molar-refractivity contribution in [1.82, 2.24) is 19.2 Å². The zero-order valence-corrected chi connectivity index (χ0v) is 15.4. The van der Waals surface area contributed by atoms with Gasteiger partial charge in [0.15, 0.2) is 0 Å². The quantitative estimate of drug-likeness (QED) is 0.897. The molecule has 7 nitrogen and oxygen atoms in total. The van der Waals surface area contributed by atoms with Crippen LogP contribution in [0.5, 0.6) is 0 Å². The molecular weight excluding hydrogens is 318 g/mol. The SMILES string of the molecule is CCn1c(C)cc(C(=O)N2C[C@H](OC)C[C@H]2Cn2ccc(N)n2)c1C. The van der Waals surface area contributed by atoms with Crippen LogP contribution in [0.2, 0.25) is 0 Å². The molecule has 1 aliphatic heterocycles. The predicted octanol–water partition coefficient (Wildman–Crippen LogP) is 1.83. The van der Waals surface area contributed by atoms with Gasteiger partial charge in [0, 0.05) is 37.8 Å².